The Kier molecular flexibility index (Phi) is 3.93. The second-order valence-electron chi connectivity index (χ2n) is 5.93. The Morgan fingerprint density at radius 1 is 1.04 bits per heavy atom. The van der Waals surface area contributed by atoms with E-state index in [1.165, 1.54) is 6.26 Å². The molecule has 0 amide bonds. The third kappa shape index (κ3) is 3.16. The van der Waals surface area contributed by atoms with Crippen molar-refractivity contribution < 1.29 is 8.42 Å². The Hall–Kier alpha value is -3.19. The summed E-state index contributed by atoms with van der Waals surface area (Å²) < 4.78 is 23.4. The van der Waals surface area contributed by atoms with Crippen LogP contribution >= 0.6 is 0 Å². The number of nitrogens with zero attached hydrogens (tertiary/aromatic N) is 2. The van der Waals surface area contributed by atoms with Crippen LogP contribution in [0.3, 0.4) is 0 Å². The van der Waals surface area contributed by atoms with Gasteiger partial charge >= 0.3 is 0 Å². The molecule has 0 atom stereocenters. The van der Waals surface area contributed by atoms with Crippen LogP contribution in [0.15, 0.2) is 71.9 Å². The summed E-state index contributed by atoms with van der Waals surface area (Å²) in [4.78, 5) is 12.2. The first kappa shape index (κ1) is 16.3. The molecule has 0 bridgehead atoms. The molecule has 0 spiro atoms. The third-order valence-electron chi connectivity index (χ3n) is 4.04. The summed E-state index contributed by atoms with van der Waals surface area (Å²) >= 11 is 0. The number of aromatic amines is 1. The van der Waals surface area contributed by atoms with Gasteiger partial charge in [0.1, 0.15) is 0 Å². The van der Waals surface area contributed by atoms with Gasteiger partial charge in [0.25, 0.3) is 0 Å². The average Bonchev–Trinajstić information content (AvgIpc) is 3.10. The number of H-pyrrole nitrogens is 1. The van der Waals surface area contributed by atoms with E-state index in [2.05, 4.69) is 20.3 Å². The van der Waals surface area contributed by atoms with E-state index in [-0.39, 0.29) is 4.90 Å². The highest BCUT2D eigenvalue weighted by Gasteiger charge is 2.10. The number of benzene rings is 2. The number of anilines is 2. The Morgan fingerprint density at radius 2 is 1.88 bits per heavy atom. The second kappa shape index (κ2) is 6.27. The average molecular weight is 364 g/mol. The highest BCUT2D eigenvalue weighted by Crippen LogP contribution is 2.27. The zero-order valence-corrected chi connectivity index (χ0v) is 14.8. The monoisotopic (exact) mass is 364 g/mol. The smallest absolute Gasteiger partial charge is 0.227 e. The number of sulfone groups is 1. The van der Waals surface area contributed by atoms with Crippen molar-refractivity contribution in [1.29, 1.82) is 0 Å². The normalized spacial score (nSPS) is 11.6. The minimum atomic E-state index is -3.27. The topological polar surface area (TPSA) is 87.7 Å². The van der Waals surface area contributed by atoms with Crippen molar-refractivity contribution in [1.82, 2.24) is 15.0 Å². The van der Waals surface area contributed by atoms with Gasteiger partial charge < -0.3 is 10.3 Å². The molecule has 2 N–H and O–H groups in total. The number of rotatable bonds is 4. The van der Waals surface area contributed by atoms with Crippen molar-refractivity contribution in [2.24, 2.45) is 0 Å². The molecule has 2 aromatic heterocycles. The molecule has 0 saturated carbocycles. The largest absolute Gasteiger partial charge is 0.361 e. The number of nitrogens with one attached hydrogen (secondary N) is 2. The lowest BCUT2D eigenvalue weighted by Gasteiger charge is -2.08. The van der Waals surface area contributed by atoms with E-state index in [9.17, 15) is 8.42 Å². The maximum Gasteiger partial charge on any atom is 0.227 e. The van der Waals surface area contributed by atoms with Gasteiger partial charge in [0.15, 0.2) is 9.84 Å². The molecular formula is C19H16N4O2S. The molecule has 6 nitrogen and oxygen atoms in total. The van der Waals surface area contributed by atoms with Crippen molar-refractivity contribution in [3.63, 3.8) is 0 Å². The first-order valence-corrected chi connectivity index (χ1v) is 9.86. The molecular weight excluding hydrogens is 348 g/mol. The van der Waals surface area contributed by atoms with E-state index in [1.54, 1.807) is 30.5 Å². The van der Waals surface area contributed by atoms with Gasteiger partial charge in [0.05, 0.1) is 10.6 Å². The SMILES string of the molecule is CS(=O)(=O)c1cccc(Nc2nccc(-c3cccc4[nH]ccc34)n2)c1. The van der Waals surface area contributed by atoms with E-state index >= 15 is 0 Å². The van der Waals surface area contributed by atoms with Crippen LogP contribution in [-0.2, 0) is 9.84 Å². The number of aromatic nitrogens is 3. The van der Waals surface area contributed by atoms with Crippen LogP contribution in [0.4, 0.5) is 11.6 Å². The quantitative estimate of drug-likeness (QED) is 0.575. The molecule has 0 unspecified atom stereocenters. The zero-order chi connectivity index (χ0) is 18.1. The van der Waals surface area contributed by atoms with E-state index in [1.807, 2.05) is 36.5 Å². The summed E-state index contributed by atoms with van der Waals surface area (Å²) in [7, 11) is -3.27. The van der Waals surface area contributed by atoms with Gasteiger partial charge in [0.2, 0.25) is 5.95 Å². The fourth-order valence-electron chi connectivity index (χ4n) is 2.81. The maximum absolute atomic E-state index is 11.7. The molecule has 4 rings (SSSR count). The van der Waals surface area contributed by atoms with Crippen LogP contribution in [0, 0.1) is 0 Å². The molecule has 0 radical (unpaired) electrons. The molecule has 0 aliphatic carbocycles. The predicted molar refractivity (Wildman–Crippen MR) is 102 cm³/mol. The minimum absolute atomic E-state index is 0.246. The third-order valence-corrected chi connectivity index (χ3v) is 5.16. The second-order valence-corrected chi connectivity index (χ2v) is 7.95. The fourth-order valence-corrected chi connectivity index (χ4v) is 3.48. The maximum atomic E-state index is 11.7. The van der Waals surface area contributed by atoms with Crippen LogP contribution in [-0.4, -0.2) is 29.6 Å². The lowest BCUT2D eigenvalue weighted by molar-refractivity contribution is 0.602. The lowest BCUT2D eigenvalue weighted by Crippen LogP contribution is -2.01. The van der Waals surface area contributed by atoms with Gasteiger partial charge in [-0.1, -0.05) is 18.2 Å². The Balaban J connectivity index is 1.70. The standard InChI is InChI=1S/C19H16N4O2S/c1-26(24,25)14-5-2-4-13(12-14)22-19-21-11-9-18(23-19)15-6-3-7-17-16(15)8-10-20-17/h2-12,20H,1H3,(H,21,22,23). The Labute approximate surface area is 150 Å². The molecule has 26 heavy (non-hydrogen) atoms. The minimum Gasteiger partial charge on any atom is -0.361 e. The summed E-state index contributed by atoms with van der Waals surface area (Å²) in [6, 6.07) is 16.4. The van der Waals surface area contributed by atoms with Gasteiger partial charge in [-0.25, -0.2) is 18.4 Å². The highest BCUT2D eigenvalue weighted by atomic mass is 32.2. The number of fused-ring (bicyclic) bond motifs is 1. The lowest BCUT2D eigenvalue weighted by atomic mass is 10.1. The summed E-state index contributed by atoms with van der Waals surface area (Å²) in [6.45, 7) is 0. The van der Waals surface area contributed by atoms with E-state index in [4.69, 9.17) is 0 Å². The summed E-state index contributed by atoms with van der Waals surface area (Å²) in [5.74, 6) is 0.403. The molecule has 0 saturated heterocycles. The van der Waals surface area contributed by atoms with Crippen molar-refractivity contribution in [2.75, 3.05) is 11.6 Å². The molecule has 0 aliphatic rings. The first-order chi connectivity index (χ1) is 12.5. The molecule has 2 heterocycles. The van der Waals surface area contributed by atoms with Crippen LogP contribution in [0.25, 0.3) is 22.2 Å². The van der Waals surface area contributed by atoms with Gasteiger partial charge in [-0.2, -0.15) is 0 Å². The van der Waals surface area contributed by atoms with Crippen LogP contribution in [0.5, 0.6) is 0 Å². The Bertz CT molecular complexity index is 1200. The van der Waals surface area contributed by atoms with Gasteiger partial charge in [-0.3, -0.25) is 0 Å². The molecule has 7 heteroatoms. The van der Waals surface area contributed by atoms with Gasteiger partial charge in [-0.15, -0.1) is 0 Å². The van der Waals surface area contributed by atoms with E-state index in [0.717, 1.165) is 22.2 Å². The highest BCUT2D eigenvalue weighted by molar-refractivity contribution is 7.90. The van der Waals surface area contributed by atoms with Crippen molar-refractivity contribution in [2.45, 2.75) is 4.90 Å². The molecule has 4 aromatic rings. The fraction of sp³-hybridized carbons (Fsp3) is 0.0526. The van der Waals surface area contributed by atoms with Crippen molar-refractivity contribution in [3.05, 3.63) is 67.0 Å². The summed E-state index contributed by atoms with van der Waals surface area (Å²) in [6.07, 6.45) is 4.75. The molecule has 130 valence electrons. The first-order valence-electron chi connectivity index (χ1n) is 7.97. The van der Waals surface area contributed by atoms with Crippen molar-refractivity contribution >= 4 is 32.4 Å². The van der Waals surface area contributed by atoms with Crippen molar-refractivity contribution in [3.8, 4) is 11.3 Å². The van der Waals surface area contributed by atoms with Crippen LogP contribution in [0.1, 0.15) is 0 Å². The summed E-state index contributed by atoms with van der Waals surface area (Å²) in [5, 5.41) is 4.15. The van der Waals surface area contributed by atoms with E-state index in [0.29, 0.717) is 11.6 Å². The van der Waals surface area contributed by atoms with Crippen LogP contribution < -0.4 is 5.32 Å². The molecule has 0 aliphatic heterocycles. The zero-order valence-electron chi connectivity index (χ0n) is 14.0. The van der Waals surface area contributed by atoms with Gasteiger partial charge in [-0.05, 0) is 36.4 Å². The predicted octanol–water partition coefficient (Wildman–Crippen LogP) is 3.77. The van der Waals surface area contributed by atoms with E-state index < -0.39 is 9.84 Å². The Morgan fingerprint density at radius 3 is 2.73 bits per heavy atom. The summed E-state index contributed by atoms with van der Waals surface area (Å²) in [5.41, 5.74) is 3.44. The number of hydrogen-bond donors (Lipinski definition) is 2. The molecule has 0 fully saturated rings. The molecule has 2 aromatic carbocycles. The van der Waals surface area contributed by atoms with Gasteiger partial charge in [0, 0.05) is 40.8 Å². The van der Waals surface area contributed by atoms with Crippen LogP contribution in [0.2, 0.25) is 0 Å². The number of hydrogen-bond acceptors (Lipinski definition) is 5.